The number of nitrogens with zero attached hydrogens (tertiary/aromatic N) is 1. The van der Waals surface area contributed by atoms with Gasteiger partial charge in [-0.15, -0.1) is 0 Å². The van der Waals surface area contributed by atoms with Crippen molar-refractivity contribution in [1.82, 2.24) is 14.9 Å². The van der Waals surface area contributed by atoms with Crippen molar-refractivity contribution in [3.63, 3.8) is 0 Å². The van der Waals surface area contributed by atoms with Crippen LogP contribution in [0.2, 0.25) is 0 Å². The second-order valence-corrected chi connectivity index (χ2v) is 5.10. The Morgan fingerprint density at radius 3 is 2.60 bits per heavy atom. The highest BCUT2D eigenvalue weighted by molar-refractivity contribution is 5.34. The van der Waals surface area contributed by atoms with Crippen LogP contribution in [0.15, 0.2) is 33.9 Å². The maximum Gasteiger partial charge on any atom is 0.325 e. The van der Waals surface area contributed by atoms with Gasteiger partial charge in [-0.1, -0.05) is 12.1 Å². The zero-order valence-corrected chi connectivity index (χ0v) is 10.9. The normalized spacial score (nSPS) is 18.8. The highest BCUT2D eigenvalue weighted by atomic mass is 19.1. The predicted octanol–water partition coefficient (Wildman–Crippen LogP) is 0.780. The highest BCUT2D eigenvalue weighted by Crippen LogP contribution is 2.29. The molecule has 0 fully saturated rings. The first-order chi connectivity index (χ1) is 9.54. The van der Waals surface area contributed by atoms with Crippen molar-refractivity contribution >= 4 is 0 Å². The Labute approximate surface area is 114 Å². The summed E-state index contributed by atoms with van der Waals surface area (Å²) in [4.78, 5) is 30.4. The maximum absolute atomic E-state index is 13.0. The van der Waals surface area contributed by atoms with Gasteiger partial charge in [0, 0.05) is 24.7 Å². The number of aromatic nitrogens is 2. The van der Waals surface area contributed by atoms with Gasteiger partial charge in [-0.25, -0.2) is 9.18 Å². The Morgan fingerprint density at radius 1 is 1.20 bits per heavy atom. The summed E-state index contributed by atoms with van der Waals surface area (Å²) in [7, 11) is 1.91. The lowest BCUT2D eigenvalue weighted by molar-refractivity contribution is 0.289. The standard InChI is InChI=1S/C14H14FN3O2/c1-18-6-10(8-2-4-9(15)5-3-8)12-11(7-18)13(19)17-14(20)16-12/h2-5,10H,6-7H2,1H3,(H2,16,17,19,20). The van der Waals surface area contributed by atoms with Gasteiger partial charge in [0.1, 0.15) is 5.82 Å². The van der Waals surface area contributed by atoms with E-state index in [2.05, 4.69) is 9.97 Å². The summed E-state index contributed by atoms with van der Waals surface area (Å²) >= 11 is 0. The quantitative estimate of drug-likeness (QED) is 0.808. The Balaban J connectivity index is 2.17. The van der Waals surface area contributed by atoms with Gasteiger partial charge in [-0.05, 0) is 24.7 Å². The van der Waals surface area contributed by atoms with E-state index in [9.17, 15) is 14.0 Å². The van der Waals surface area contributed by atoms with E-state index in [0.29, 0.717) is 24.3 Å². The van der Waals surface area contributed by atoms with Crippen LogP contribution in [0.1, 0.15) is 22.7 Å². The molecule has 104 valence electrons. The Bertz CT molecular complexity index is 748. The Kier molecular flexibility index (Phi) is 3.02. The second-order valence-electron chi connectivity index (χ2n) is 5.10. The van der Waals surface area contributed by atoms with E-state index in [1.165, 1.54) is 12.1 Å². The Hall–Kier alpha value is -2.21. The molecule has 1 aromatic carbocycles. The smallest absolute Gasteiger partial charge is 0.310 e. The minimum atomic E-state index is -0.509. The summed E-state index contributed by atoms with van der Waals surface area (Å²) in [6.07, 6.45) is 0. The van der Waals surface area contributed by atoms with Crippen molar-refractivity contribution in [2.24, 2.45) is 0 Å². The fourth-order valence-electron chi connectivity index (χ4n) is 2.69. The zero-order chi connectivity index (χ0) is 14.3. The molecule has 0 aliphatic carbocycles. The molecule has 1 unspecified atom stereocenters. The molecule has 1 aliphatic rings. The van der Waals surface area contributed by atoms with E-state index >= 15 is 0 Å². The number of benzene rings is 1. The molecular formula is C14H14FN3O2. The first-order valence-electron chi connectivity index (χ1n) is 6.34. The summed E-state index contributed by atoms with van der Waals surface area (Å²) in [6, 6.07) is 6.13. The number of hydrogen-bond acceptors (Lipinski definition) is 3. The minimum Gasteiger partial charge on any atom is -0.310 e. The summed E-state index contributed by atoms with van der Waals surface area (Å²) in [5.74, 6) is -0.447. The summed E-state index contributed by atoms with van der Waals surface area (Å²) in [6.45, 7) is 1.15. The fourth-order valence-corrected chi connectivity index (χ4v) is 2.69. The lowest BCUT2D eigenvalue weighted by atomic mass is 9.89. The summed E-state index contributed by atoms with van der Waals surface area (Å²) < 4.78 is 13.0. The van der Waals surface area contributed by atoms with E-state index in [4.69, 9.17) is 0 Å². The van der Waals surface area contributed by atoms with Crippen LogP contribution in [0, 0.1) is 5.82 Å². The molecule has 0 saturated carbocycles. The van der Waals surface area contributed by atoms with Crippen LogP contribution < -0.4 is 11.2 Å². The fraction of sp³-hybridized carbons (Fsp3) is 0.286. The number of nitrogens with one attached hydrogen (secondary N) is 2. The van der Waals surface area contributed by atoms with Crippen molar-refractivity contribution in [1.29, 1.82) is 0 Å². The van der Waals surface area contributed by atoms with Crippen molar-refractivity contribution < 1.29 is 4.39 Å². The van der Waals surface area contributed by atoms with E-state index in [1.807, 2.05) is 11.9 Å². The first-order valence-corrected chi connectivity index (χ1v) is 6.34. The number of halogens is 1. The molecule has 2 N–H and O–H groups in total. The van der Waals surface area contributed by atoms with E-state index in [1.54, 1.807) is 12.1 Å². The van der Waals surface area contributed by atoms with Crippen LogP contribution in [-0.4, -0.2) is 28.5 Å². The summed E-state index contributed by atoms with van der Waals surface area (Å²) in [5.41, 5.74) is 1.20. The first kappa shape index (κ1) is 12.8. The average Bonchev–Trinajstić information content (AvgIpc) is 2.40. The van der Waals surface area contributed by atoms with Crippen molar-refractivity contribution in [3.8, 4) is 0 Å². The number of aromatic amines is 2. The molecule has 6 heteroatoms. The molecule has 0 saturated heterocycles. The van der Waals surface area contributed by atoms with E-state index < -0.39 is 5.69 Å². The largest absolute Gasteiger partial charge is 0.325 e. The van der Waals surface area contributed by atoms with Gasteiger partial charge in [0.25, 0.3) is 5.56 Å². The van der Waals surface area contributed by atoms with E-state index in [0.717, 1.165) is 5.56 Å². The number of H-pyrrole nitrogens is 2. The highest BCUT2D eigenvalue weighted by Gasteiger charge is 2.27. The molecule has 2 heterocycles. The molecule has 0 amide bonds. The van der Waals surface area contributed by atoms with Crippen LogP contribution in [0.25, 0.3) is 0 Å². The molecule has 1 aromatic heterocycles. The van der Waals surface area contributed by atoms with Crippen LogP contribution in [-0.2, 0) is 6.54 Å². The van der Waals surface area contributed by atoms with Gasteiger partial charge in [0.15, 0.2) is 0 Å². The molecule has 5 nitrogen and oxygen atoms in total. The third kappa shape index (κ3) is 2.18. The topological polar surface area (TPSA) is 69.0 Å². The van der Waals surface area contributed by atoms with Crippen LogP contribution in [0.4, 0.5) is 4.39 Å². The third-order valence-electron chi connectivity index (χ3n) is 3.62. The molecule has 3 rings (SSSR count). The van der Waals surface area contributed by atoms with Gasteiger partial charge < -0.3 is 9.88 Å². The molecule has 0 spiro atoms. The SMILES string of the molecule is CN1Cc2c([nH]c(=O)[nH]c2=O)C(c2ccc(F)cc2)C1. The predicted molar refractivity (Wildman–Crippen MR) is 72.3 cm³/mol. The number of rotatable bonds is 1. The minimum absolute atomic E-state index is 0.139. The van der Waals surface area contributed by atoms with Gasteiger partial charge in [-0.2, -0.15) is 0 Å². The monoisotopic (exact) mass is 275 g/mol. The van der Waals surface area contributed by atoms with Gasteiger partial charge in [0.2, 0.25) is 0 Å². The number of hydrogen-bond donors (Lipinski definition) is 2. The lowest BCUT2D eigenvalue weighted by Crippen LogP contribution is -2.39. The average molecular weight is 275 g/mol. The molecule has 1 aliphatic heterocycles. The molecule has 0 bridgehead atoms. The van der Waals surface area contributed by atoms with Gasteiger partial charge in [-0.3, -0.25) is 9.78 Å². The Morgan fingerprint density at radius 2 is 1.90 bits per heavy atom. The lowest BCUT2D eigenvalue weighted by Gasteiger charge is -2.31. The van der Waals surface area contributed by atoms with E-state index in [-0.39, 0.29) is 17.3 Å². The summed E-state index contributed by atoms with van der Waals surface area (Å²) in [5, 5.41) is 0. The van der Waals surface area contributed by atoms with Crippen molar-refractivity contribution in [3.05, 3.63) is 67.7 Å². The van der Waals surface area contributed by atoms with Crippen molar-refractivity contribution in [2.45, 2.75) is 12.5 Å². The molecule has 20 heavy (non-hydrogen) atoms. The van der Waals surface area contributed by atoms with Crippen LogP contribution in [0.3, 0.4) is 0 Å². The second kappa shape index (κ2) is 4.72. The number of likely N-dealkylation sites (N-methyl/N-ethyl adjacent to an activating group) is 1. The van der Waals surface area contributed by atoms with Gasteiger partial charge >= 0.3 is 5.69 Å². The molecular weight excluding hydrogens is 261 g/mol. The van der Waals surface area contributed by atoms with Gasteiger partial charge in [0.05, 0.1) is 5.56 Å². The number of fused-ring (bicyclic) bond motifs is 1. The molecule has 1 atom stereocenters. The third-order valence-corrected chi connectivity index (χ3v) is 3.62. The van der Waals surface area contributed by atoms with Crippen molar-refractivity contribution in [2.75, 3.05) is 13.6 Å². The molecule has 2 aromatic rings. The molecule has 0 radical (unpaired) electrons. The maximum atomic E-state index is 13.0. The van der Waals surface area contributed by atoms with Crippen LogP contribution >= 0.6 is 0 Å². The van der Waals surface area contributed by atoms with Crippen LogP contribution in [0.5, 0.6) is 0 Å². The zero-order valence-electron chi connectivity index (χ0n) is 10.9.